The first kappa shape index (κ1) is 11.6. The Kier molecular flexibility index (Phi) is 6.53. The SMILES string of the molecule is C=CC(=O)N1CCNCC1.NC=O. The van der Waals surface area contributed by atoms with Gasteiger partial charge in [-0.2, -0.15) is 0 Å². The van der Waals surface area contributed by atoms with Gasteiger partial charge in [0, 0.05) is 26.2 Å². The van der Waals surface area contributed by atoms with Crippen LogP contribution in [0.25, 0.3) is 0 Å². The van der Waals surface area contributed by atoms with Gasteiger partial charge in [-0.05, 0) is 6.08 Å². The Bertz CT molecular complexity index is 176. The van der Waals surface area contributed by atoms with Gasteiger partial charge in [-0.1, -0.05) is 6.58 Å². The first-order valence-electron chi connectivity index (χ1n) is 4.03. The first-order valence-corrected chi connectivity index (χ1v) is 4.03. The summed E-state index contributed by atoms with van der Waals surface area (Å²) in [5.41, 5.74) is 4.17. The third-order valence-electron chi connectivity index (χ3n) is 1.60. The number of amides is 2. The summed E-state index contributed by atoms with van der Waals surface area (Å²) in [6, 6.07) is 0. The molecule has 0 aliphatic carbocycles. The zero-order valence-corrected chi connectivity index (χ0v) is 7.53. The normalized spacial score (nSPS) is 15.2. The van der Waals surface area contributed by atoms with E-state index in [2.05, 4.69) is 17.6 Å². The standard InChI is InChI=1S/C7H12N2O.CH3NO/c1-2-7(10)9-5-3-8-4-6-9;2-1-3/h2,8H,1,3-6H2;1H,(H2,2,3). The molecule has 3 N–H and O–H groups in total. The molecule has 0 bridgehead atoms. The number of carbonyl (C=O) groups is 2. The predicted molar refractivity (Wildman–Crippen MR) is 49.9 cm³/mol. The minimum Gasteiger partial charge on any atom is -0.372 e. The molecule has 0 aromatic rings. The van der Waals surface area contributed by atoms with Crippen LogP contribution in [-0.2, 0) is 9.59 Å². The fourth-order valence-electron chi connectivity index (χ4n) is 1.01. The van der Waals surface area contributed by atoms with Crippen LogP contribution in [0.4, 0.5) is 0 Å². The average Bonchev–Trinajstić information content (AvgIpc) is 2.19. The second-order valence-electron chi connectivity index (χ2n) is 2.42. The van der Waals surface area contributed by atoms with Crippen molar-refractivity contribution in [1.29, 1.82) is 0 Å². The zero-order chi connectivity index (χ0) is 10.1. The Morgan fingerprint density at radius 2 is 1.92 bits per heavy atom. The molecule has 0 aromatic heterocycles. The lowest BCUT2D eigenvalue weighted by atomic mass is 10.3. The molecule has 5 nitrogen and oxygen atoms in total. The summed E-state index contributed by atoms with van der Waals surface area (Å²) in [6.07, 6.45) is 1.62. The smallest absolute Gasteiger partial charge is 0.246 e. The van der Waals surface area contributed by atoms with E-state index in [1.54, 1.807) is 4.90 Å². The molecule has 0 radical (unpaired) electrons. The Morgan fingerprint density at radius 1 is 1.46 bits per heavy atom. The molecule has 1 fully saturated rings. The quantitative estimate of drug-likeness (QED) is 0.394. The number of carbonyl (C=O) groups excluding carboxylic acids is 2. The second kappa shape index (κ2) is 7.30. The van der Waals surface area contributed by atoms with Crippen molar-refractivity contribution < 1.29 is 9.59 Å². The predicted octanol–water partition coefficient (Wildman–Crippen LogP) is -1.29. The number of rotatable bonds is 1. The number of nitrogens with zero attached hydrogens (tertiary/aromatic N) is 1. The molecule has 13 heavy (non-hydrogen) atoms. The monoisotopic (exact) mass is 185 g/mol. The Labute approximate surface area is 77.6 Å². The summed E-state index contributed by atoms with van der Waals surface area (Å²) in [7, 11) is 0. The molecule has 0 aromatic carbocycles. The zero-order valence-electron chi connectivity index (χ0n) is 7.53. The Balaban J connectivity index is 0.000000424. The number of hydrogen-bond acceptors (Lipinski definition) is 3. The molecule has 74 valence electrons. The van der Waals surface area contributed by atoms with E-state index in [0.717, 1.165) is 26.2 Å². The maximum absolute atomic E-state index is 10.9. The molecule has 1 aliphatic rings. The van der Waals surface area contributed by atoms with Gasteiger partial charge < -0.3 is 16.0 Å². The molecule has 0 saturated carbocycles. The van der Waals surface area contributed by atoms with Crippen LogP contribution in [0.2, 0.25) is 0 Å². The van der Waals surface area contributed by atoms with Crippen molar-refractivity contribution in [2.24, 2.45) is 5.73 Å². The van der Waals surface area contributed by atoms with Crippen molar-refractivity contribution in [3.63, 3.8) is 0 Å². The molecule has 0 unspecified atom stereocenters. The molecule has 1 aliphatic heterocycles. The fourth-order valence-corrected chi connectivity index (χ4v) is 1.01. The average molecular weight is 185 g/mol. The number of nitrogens with one attached hydrogen (secondary N) is 1. The molecule has 1 rings (SSSR count). The van der Waals surface area contributed by atoms with Crippen LogP contribution < -0.4 is 11.1 Å². The molecule has 2 amide bonds. The van der Waals surface area contributed by atoms with E-state index in [-0.39, 0.29) is 12.3 Å². The Hall–Kier alpha value is -1.36. The number of hydrogen-bond donors (Lipinski definition) is 2. The van der Waals surface area contributed by atoms with Crippen molar-refractivity contribution in [3.05, 3.63) is 12.7 Å². The van der Waals surface area contributed by atoms with Crippen molar-refractivity contribution in [3.8, 4) is 0 Å². The highest BCUT2D eigenvalue weighted by Gasteiger charge is 2.11. The lowest BCUT2D eigenvalue weighted by Gasteiger charge is -2.25. The summed E-state index contributed by atoms with van der Waals surface area (Å²) in [5, 5.41) is 3.17. The summed E-state index contributed by atoms with van der Waals surface area (Å²) >= 11 is 0. The fraction of sp³-hybridized carbons (Fsp3) is 0.500. The molecule has 1 heterocycles. The van der Waals surface area contributed by atoms with Crippen molar-refractivity contribution >= 4 is 12.3 Å². The molecular weight excluding hydrogens is 170 g/mol. The topological polar surface area (TPSA) is 75.4 Å². The van der Waals surface area contributed by atoms with E-state index in [9.17, 15) is 4.79 Å². The molecule has 0 spiro atoms. The van der Waals surface area contributed by atoms with Gasteiger partial charge in [-0.15, -0.1) is 0 Å². The molecular formula is C8H15N3O2. The van der Waals surface area contributed by atoms with Gasteiger partial charge in [-0.25, -0.2) is 0 Å². The van der Waals surface area contributed by atoms with E-state index in [0.29, 0.717) is 0 Å². The van der Waals surface area contributed by atoms with Crippen LogP contribution in [0.15, 0.2) is 12.7 Å². The van der Waals surface area contributed by atoms with E-state index in [4.69, 9.17) is 4.79 Å². The summed E-state index contributed by atoms with van der Waals surface area (Å²) in [4.78, 5) is 21.3. The largest absolute Gasteiger partial charge is 0.372 e. The Morgan fingerprint density at radius 3 is 2.31 bits per heavy atom. The second-order valence-corrected chi connectivity index (χ2v) is 2.42. The van der Waals surface area contributed by atoms with Crippen LogP contribution in [0.1, 0.15) is 0 Å². The van der Waals surface area contributed by atoms with Crippen LogP contribution in [-0.4, -0.2) is 43.4 Å². The van der Waals surface area contributed by atoms with Crippen LogP contribution in [0, 0.1) is 0 Å². The van der Waals surface area contributed by atoms with E-state index in [1.807, 2.05) is 0 Å². The number of piperazine rings is 1. The maximum Gasteiger partial charge on any atom is 0.246 e. The van der Waals surface area contributed by atoms with Gasteiger partial charge in [0.05, 0.1) is 0 Å². The van der Waals surface area contributed by atoms with Crippen molar-refractivity contribution in [1.82, 2.24) is 10.2 Å². The van der Waals surface area contributed by atoms with Gasteiger partial charge in [0.25, 0.3) is 0 Å². The highest BCUT2D eigenvalue weighted by molar-refractivity contribution is 5.87. The summed E-state index contributed by atoms with van der Waals surface area (Å²) in [6.45, 7) is 6.85. The highest BCUT2D eigenvalue weighted by Crippen LogP contribution is 1.92. The van der Waals surface area contributed by atoms with E-state index < -0.39 is 0 Å². The molecule has 0 atom stereocenters. The van der Waals surface area contributed by atoms with Gasteiger partial charge in [-0.3, -0.25) is 9.59 Å². The highest BCUT2D eigenvalue weighted by atomic mass is 16.2. The van der Waals surface area contributed by atoms with Gasteiger partial charge in [0.1, 0.15) is 0 Å². The third kappa shape index (κ3) is 4.97. The van der Waals surface area contributed by atoms with Gasteiger partial charge in [0.15, 0.2) is 0 Å². The first-order chi connectivity index (χ1) is 6.26. The minimum atomic E-state index is 0.0431. The molecule has 5 heteroatoms. The van der Waals surface area contributed by atoms with E-state index >= 15 is 0 Å². The summed E-state index contributed by atoms with van der Waals surface area (Å²) in [5.74, 6) is 0.0431. The number of primary amides is 1. The van der Waals surface area contributed by atoms with Crippen LogP contribution in [0.3, 0.4) is 0 Å². The third-order valence-corrected chi connectivity index (χ3v) is 1.60. The lowest BCUT2D eigenvalue weighted by molar-refractivity contribution is -0.126. The summed E-state index contributed by atoms with van der Waals surface area (Å²) < 4.78 is 0. The van der Waals surface area contributed by atoms with Crippen LogP contribution >= 0.6 is 0 Å². The van der Waals surface area contributed by atoms with E-state index in [1.165, 1.54) is 6.08 Å². The van der Waals surface area contributed by atoms with Gasteiger partial charge >= 0.3 is 0 Å². The van der Waals surface area contributed by atoms with Crippen molar-refractivity contribution in [2.75, 3.05) is 26.2 Å². The molecule has 1 saturated heterocycles. The lowest BCUT2D eigenvalue weighted by Crippen LogP contribution is -2.45. The maximum atomic E-state index is 10.9. The van der Waals surface area contributed by atoms with Crippen molar-refractivity contribution in [2.45, 2.75) is 0 Å². The van der Waals surface area contributed by atoms with Gasteiger partial charge in [0.2, 0.25) is 12.3 Å². The minimum absolute atomic E-state index is 0.0431. The van der Waals surface area contributed by atoms with Crippen LogP contribution in [0.5, 0.6) is 0 Å². The number of nitrogens with two attached hydrogens (primary N) is 1.